The third-order valence-electron chi connectivity index (χ3n) is 3.60. The molecule has 0 aliphatic carbocycles. The van der Waals surface area contributed by atoms with Crippen molar-refractivity contribution in [2.45, 2.75) is 19.1 Å². The van der Waals surface area contributed by atoms with Crippen LogP contribution in [0.25, 0.3) is 0 Å². The van der Waals surface area contributed by atoms with Crippen molar-refractivity contribution in [2.75, 3.05) is 40.4 Å². The smallest absolute Gasteiger partial charge is 0.123 e. The summed E-state index contributed by atoms with van der Waals surface area (Å²) >= 11 is 0. The average molecular weight is 264 g/mol. The molecule has 2 atom stereocenters. The normalized spacial score (nSPS) is 22.2. The van der Waals surface area contributed by atoms with E-state index in [1.807, 2.05) is 18.2 Å². The second kappa shape index (κ2) is 6.89. The predicted octanol–water partition coefficient (Wildman–Crippen LogP) is 1.68. The van der Waals surface area contributed by atoms with Gasteiger partial charge in [-0.3, -0.25) is 0 Å². The van der Waals surface area contributed by atoms with Crippen molar-refractivity contribution < 1.29 is 9.47 Å². The SMILES string of the molecule is COc1ccccc1[C@@H](C)NCC1CN(C)CCO1. The summed E-state index contributed by atoms with van der Waals surface area (Å²) in [5.41, 5.74) is 1.19. The number of hydrogen-bond acceptors (Lipinski definition) is 4. The molecule has 1 aromatic carbocycles. The Morgan fingerprint density at radius 3 is 3.00 bits per heavy atom. The molecular formula is C15H24N2O2. The van der Waals surface area contributed by atoms with Crippen LogP contribution >= 0.6 is 0 Å². The number of methoxy groups -OCH3 is 1. The number of nitrogens with zero attached hydrogens (tertiary/aromatic N) is 1. The van der Waals surface area contributed by atoms with Crippen molar-refractivity contribution in [1.29, 1.82) is 0 Å². The van der Waals surface area contributed by atoms with Gasteiger partial charge in [0.05, 0.1) is 19.8 Å². The van der Waals surface area contributed by atoms with Gasteiger partial charge in [-0.05, 0) is 20.0 Å². The van der Waals surface area contributed by atoms with Crippen LogP contribution in [0.1, 0.15) is 18.5 Å². The van der Waals surface area contributed by atoms with Gasteiger partial charge in [0.1, 0.15) is 5.75 Å². The van der Waals surface area contributed by atoms with E-state index < -0.39 is 0 Å². The monoisotopic (exact) mass is 264 g/mol. The molecule has 1 unspecified atom stereocenters. The Hall–Kier alpha value is -1.10. The average Bonchev–Trinajstić information content (AvgIpc) is 2.45. The van der Waals surface area contributed by atoms with Gasteiger partial charge in [0.2, 0.25) is 0 Å². The summed E-state index contributed by atoms with van der Waals surface area (Å²) in [4.78, 5) is 2.31. The summed E-state index contributed by atoms with van der Waals surface area (Å²) < 4.78 is 11.2. The molecule has 0 saturated carbocycles. The highest BCUT2D eigenvalue weighted by atomic mass is 16.5. The fraction of sp³-hybridized carbons (Fsp3) is 0.600. The Kier molecular flexibility index (Phi) is 5.19. The molecule has 1 heterocycles. The summed E-state index contributed by atoms with van der Waals surface area (Å²) in [6, 6.07) is 8.39. The first kappa shape index (κ1) is 14.3. The lowest BCUT2D eigenvalue weighted by Crippen LogP contribution is -2.45. The molecule has 0 radical (unpaired) electrons. The van der Waals surface area contributed by atoms with Gasteiger partial charge in [-0.2, -0.15) is 0 Å². The summed E-state index contributed by atoms with van der Waals surface area (Å²) in [5, 5.41) is 3.53. The highest BCUT2D eigenvalue weighted by Gasteiger charge is 2.19. The molecule has 0 bridgehead atoms. The number of nitrogens with one attached hydrogen (secondary N) is 1. The van der Waals surface area contributed by atoms with Gasteiger partial charge < -0.3 is 19.7 Å². The van der Waals surface area contributed by atoms with E-state index in [-0.39, 0.29) is 12.1 Å². The lowest BCUT2D eigenvalue weighted by molar-refractivity contribution is -0.0191. The maximum Gasteiger partial charge on any atom is 0.123 e. The molecule has 1 N–H and O–H groups in total. The van der Waals surface area contributed by atoms with E-state index in [0.29, 0.717) is 0 Å². The molecule has 1 fully saturated rings. The molecule has 106 valence electrons. The first-order valence-corrected chi connectivity index (χ1v) is 6.87. The maximum absolute atomic E-state index is 5.76. The Bertz CT molecular complexity index is 397. The van der Waals surface area contributed by atoms with E-state index in [2.05, 4.69) is 30.3 Å². The van der Waals surface area contributed by atoms with E-state index in [9.17, 15) is 0 Å². The number of benzene rings is 1. The minimum absolute atomic E-state index is 0.256. The minimum atomic E-state index is 0.256. The van der Waals surface area contributed by atoms with Gasteiger partial charge in [-0.1, -0.05) is 18.2 Å². The highest BCUT2D eigenvalue weighted by Crippen LogP contribution is 2.24. The zero-order valence-corrected chi connectivity index (χ0v) is 12.1. The third kappa shape index (κ3) is 3.93. The van der Waals surface area contributed by atoms with Gasteiger partial charge in [0.25, 0.3) is 0 Å². The van der Waals surface area contributed by atoms with Crippen LogP contribution in [0.3, 0.4) is 0 Å². The van der Waals surface area contributed by atoms with Crippen LogP contribution in [-0.2, 0) is 4.74 Å². The molecule has 0 aromatic heterocycles. The topological polar surface area (TPSA) is 33.7 Å². The fourth-order valence-electron chi connectivity index (χ4n) is 2.43. The lowest BCUT2D eigenvalue weighted by Gasteiger charge is -2.31. The second-order valence-electron chi connectivity index (χ2n) is 5.13. The minimum Gasteiger partial charge on any atom is -0.496 e. The third-order valence-corrected chi connectivity index (χ3v) is 3.60. The van der Waals surface area contributed by atoms with Crippen molar-refractivity contribution >= 4 is 0 Å². The first-order chi connectivity index (χ1) is 9.20. The molecule has 0 amide bonds. The quantitative estimate of drug-likeness (QED) is 0.877. The molecule has 1 aliphatic heterocycles. The van der Waals surface area contributed by atoms with Gasteiger partial charge in [0, 0.05) is 31.2 Å². The number of ether oxygens (including phenoxy) is 2. The predicted molar refractivity (Wildman–Crippen MR) is 76.6 cm³/mol. The number of hydrogen-bond donors (Lipinski definition) is 1. The zero-order chi connectivity index (χ0) is 13.7. The molecule has 1 saturated heterocycles. The van der Waals surface area contributed by atoms with E-state index in [1.54, 1.807) is 7.11 Å². The summed E-state index contributed by atoms with van der Waals surface area (Å²) in [6.45, 7) is 5.87. The standard InChI is InChI=1S/C15H24N2O2/c1-12(14-6-4-5-7-15(14)18-3)16-10-13-11-17(2)8-9-19-13/h4-7,12-13,16H,8-11H2,1-3H3/t12-,13?/m1/s1. The van der Waals surface area contributed by atoms with Crippen molar-refractivity contribution in [1.82, 2.24) is 10.2 Å². The number of morpholine rings is 1. The molecule has 4 heteroatoms. The molecule has 4 nitrogen and oxygen atoms in total. The summed E-state index contributed by atoms with van der Waals surface area (Å²) in [5.74, 6) is 0.934. The van der Waals surface area contributed by atoms with E-state index in [1.165, 1.54) is 5.56 Å². The Balaban J connectivity index is 1.88. The van der Waals surface area contributed by atoms with E-state index in [4.69, 9.17) is 9.47 Å². The molecule has 1 aliphatic rings. The highest BCUT2D eigenvalue weighted by molar-refractivity contribution is 5.35. The summed E-state index contributed by atoms with van der Waals surface area (Å²) in [6.07, 6.45) is 0.274. The van der Waals surface area contributed by atoms with Crippen molar-refractivity contribution in [3.63, 3.8) is 0 Å². The Labute approximate surface area is 115 Å². The molecule has 2 rings (SSSR count). The van der Waals surface area contributed by atoms with Crippen LogP contribution < -0.4 is 10.1 Å². The molecular weight excluding hydrogens is 240 g/mol. The van der Waals surface area contributed by atoms with Crippen LogP contribution in [0.4, 0.5) is 0 Å². The van der Waals surface area contributed by atoms with Gasteiger partial charge >= 0.3 is 0 Å². The van der Waals surface area contributed by atoms with Crippen LogP contribution in [0.2, 0.25) is 0 Å². The second-order valence-corrected chi connectivity index (χ2v) is 5.13. The van der Waals surface area contributed by atoms with E-state index in [0.717, 1.165) is 32.0 Å². The van der Waals surface area contributed by atoms with Crippen LogP contribution in [0.5, 0.6) is 5.75 Å². The van der Waals surface area contributed by atoms with Crippen LogP contribution in [-0.4, -0.2) is 51.4 Å². The van der Waals surface area contributed by atoms with Crippen LogP contribution in [0.15, 0.2) is 24.3 Å². The van der Waals surface area contributed by atoms with E-state index >= 15 is 0 Å². The van der Waals surface area contributed by atoms with Gasteiger partial charge in [0.15, 0.2) is 0 Å². The lowest BCUT2D eigenvalue weighted by atomic mass is 10.1. The fourth-order valence-corrected chi connectivity index (χ4v) is 2.43. The van der Waals surface area contributed by atoms with Gasteiger partial charge in [-0.15, -0.1) is 0 Å². The molecule has 0 spiro atoms. The number of para-hydroxylation sites is 1. The number of likely N-dealkylation sites (N-methyl/N-ethyl adjacent to an activating group) is 1. The van der Waals surface area contributed by atoms with Crippen molar-refractivity contribution in [2.24, 2.45) is 0 Å². The largest absolute Gasteiger partial charge is 0.496 e. The first-order valence-electron chi connectivity index (χ1n) is 6.87. The maximum atomic E-state index is 5.76. The van der Waals surface area contributed by atoms with Crippen LogP contribution in [0, 0.1) is 0 Å². The Morgan fingerprint density at radius 2 is 2.26 bits per heavy atom. The zero-order valence-electron chi connectivity index (χ0n) is 12.1. The Morgan fingerprint density at radius 1 is 1.47 bits per heavy atom. The molecule has 19 heavy (non-hydrogen) atoms. The number of rotatable bonds is 5. The van der Waals surface area contributed by atoms with Crippen molar-refractivity contribution in [3.05, 3.63) is 29.8 Å². The summed E-state index contributed by atoms with van der Waals surface area (Å²) in [7, 11) is 3.85. The van der Waals surface area contributed by atoms with Crippen molar-refractivity contribution in [3.8, 4) is 5.75 Å². The molecule has 1 aromatic rings. The van der Waals surface area contributed by atoms with Gasteiger partial charge in [-0.25, -0.2) is 0 Å².